The van der Waals surface area contributed by atoms with Crippen molar-refractivity contribution in [3.05, 3.63) is 48.7 Å². The lowest BCUT2D eigenvalue weighted by Crippen LogP contribution is -2.08. The van der Waals surface area contributed by atoms with Gasteiger partial charge in [0.2, 0.25) is 0 Å². The van der Waals surface area contributed by atoms with Crippen molar-refractivity contribution in [1.82, 2.24) is 9.78 Å². The van der Waals surface area contributed by atoms with Gasteiger partial charge in [0.25, 0.3) is 0 Å². The Morgan fingerprint density at radius 2 is 2.32 bits per heavy atom. The first-order valence-corrected chi connectivity index (χ1v) is 5.72. The summed E-state index contributed by atoms with van der Waals surface area (Å²) in [5.74, 6) is -0.309. The van der Waals surface area contributed by atoms with Crippen molar-refractivity contribution in [2.75, 3.05) is 7.11 Å². The van der Waals surface area contributed by atoms with E-state index in [1.807, 2.05) is 24.3 Å². The molecule has 1 aromatic heterocycles. The summed E-state index contributed by atoms with van der Waals surface area (Å²) in [5, 5.41) is 13.4. The fraction of sp³-hybridized carbons (Fsp3) is 0.143. The summed E-state index contributed by atoms with van der Waals surface area (Å²) in [7, 11) is 1.58. The molecule has 2 aromatic rings. The van der Waals surface area contributed by atoms with Crippen LogP contribution in [0, 0.1) is 0 Å². The second-order valence-electron chi connectivity index (χ2n) is 3.92. The Balaban J connectivity index is 2.47. The van der Waals surface area contributed by atoms with E-state index in [9.17, 15) is 4.79 Å². The highest BCUT2D eigenvalue weighted by Crippen LogP contribution is 2.23. The van der Waals surface area contributed by atoms with E-state index < -0.39 is 5.97 Å². The van der Waals surface area contributed by atoms with Crippen LogP contribution in [-0.2, 0) is 6.54 Å². The number of aromatic nitrogens is 2. The number of benzene rings is 1. The van der Waals surface area contributed by atoms with Crippen molar-refractivity contribution >= 4 is 5.97 Å². The molecule has 0 aliphatic rings. The number of carboxylic acids is 1. The van der Waals surface area contributed by atoms with Gasteiger partial charge in [-0.3, -0.25) is 4.68 Å². The molecule has 0 amide bonds. The minimum Gasteiger partial charge on any atom is -0.497 e. The van der Waals surface area contributed by atoms with Gasteiger partial charge in [0.05, 0.1) is 19.3 Å². The molecule has 5 heteroatoms. The summed E-state index contributed by atoms with van der Waals surface area (Å²) in [6.45, 7) is 3.94. The lowest BCUT2D eigenvalue weighted by atomic mass is 10.1. The Bertz CT molecular complexity index is 617. The van der Waals surface area contributed by atoms with Crippen LogP contribution < -0.4 is 4.74 Å². The molecule has 19 heavy (non-hydrogen) atoms. The van der Waals surface area contributed by atoms with Gasteiger partial charge in [-0.2, -0.15) is 5.10 Å². The number of rotatable bonds is 5. The van der Waals surface area contributed by atoms with Crippen LogP contribution in [0.25, 0.3) is 11.3 Å². The van der Waals surface area contributed by atoms with E-state index in [1.54, 1.807) is 19.3 Å². The molecule has 1 N–H and O–H groups in total. The fourth-order valence-electron chi connectivity index (χ4n) is 1.77. The first kappa shape index (κ1) is 12.9. The number of methoxy groups -OCH3 is 1. The standard InChI is InChI=1S/C14H14N2O3/c1-3-7-16-13(14(17)18)9-12(15-16)10-5-4-6-11(8-10)19-2/h3-6,8-9H,1,7H2,2H3,(H,17,18). The molecule has 98 valence electrons. The molecule has 0 spiro atoms. The molecule has 2 rings (SSSR count). The molecule has 0 fully saturated rings. The molecule has 0 saturated heterocycles. The quantitative estimate of drug-likeness (QED) is 0.836. The Labute approximate surface area is 110 Å². The van der Waals surface area contributed by atoms with Gasteiger partial charge < -0.3 is 9.84 Å². The Morgan fingerprint density at radius 1 is 1.53 bits per heavy atom. The molecule has 0 unspecified atom stereocenters. The molecule has 0 aliphatic heterocycles. The zero-order chi connectivity index (χ0) is 13.8. The SMILES string of the molecule is C=CCn1nc(-c2cccc(OC)c2)cc1C(=O)O. The van der Waals surface area contributed by atoms with Gasteiger partial charge in [-0.05, 0) is 18.2 Å². The number of hydrogen-bond donors (Lipinski definition) is 1. The van der Waals surface area contributed by atoms with E-state index in [0.717, 1.165) is 5.56 Å². The van der Waals surface area contributed by atoms with Crippen LogP contribution >= 0.6 is 0 Å². The number of aromatic carboxylic acids is 1. The van der Waals surface area contributed by atoms with E-state index in [2.05, 4.69) is 11.7 Å². The normalized spacial score (nSPS) is 10.2. The van der Waals surface area contributed by atoms with Gasteiger partial charge in [-0.25, -0.2) is 4.79 Å². The highest BCUT2D eigenvalue weighted by atomic mass is 16.5. The van der Waals surface area contributed by atoms with Crippen molar-refractivity contribution in [1.29, 1.82) is 0 Å². The Morgan fingerprint density at radius 3 is 2.95 bits per heavy atom. The minimum absolute atomic E-state index is 0.137. The molecular formula is C14H14N2O3. The lowest BCUT2D eigenvalue weighted by molar-refractivity contribution is 0.0684. The highest BCUT2D eigenvalue weighted by molar-refractivity contribution is 5.87. The topological polar surface area (TPSA) is 64.4 Å². The minimum atomic E-state index is -1.01. The maximum atomic E-state index is 11.1. The molecule has 0 bridgehead atoms. The van der Waals surface area contributed by atoms with Crippen LogP contribution in [0.4, 0.5) is 0 Å². The van der Waals surface area contributed by atoms with Crippen molar-refractivity contribution in [2.45, 2.75) is 6.54 Å². The van der Waals surface area contributed by atoms with Gasteiger partial charge in [0.15, 0.2) is 0 Å². The second-order valence-corrected chi connectivity index (χ2v) is 3.92. The maximum absolute atomic E-state index is 11.1. The predicted octanol–water partition coefficient (Wildman–Crippen LogP) is 2.44. The predicted molar refractivity (Wildman–Crippen MR) is 71.4 cm³/mol. The van der Waals surface area contributed by atoms with Crippen LogP contribution in [0.2, 0.25) is 0 Å². The summed E-state index contributed by atoms with van der Waals surface area (Å²) < 4.78 is 6.55. The maximum Gasteiger partial charge on any atom is 0.354 e. The first-order chi connectivity index (χ1) is 9.15. The monoisotopic (exact) mass is 258 g/mol. The third-order valence-electron chi connectivity index (χ3n) is 2.67. The smallest absolute Gasteiger partial charge is 0.354 e. The van der Waals surface area contributed by atoms with E-state index in [1.165, 1.54) is 4.68 Å². The Hall–Kier alpha value is -2.56. The molecule has 0 radical (unpaired) electrons. The molecule has 1 aromatic carbocycles. The van der Waals surface area contributed by atoms with Gasteiger partial charge in [-0.15, -0.1) is 6.58 Å². The zero-order valence-electron chi connectivity index (χ0n) is 10.5. The average Bonchev–Trinajstić information content (AvgIpc) is 2.83. The van der Waals surface area contributed by atoms with Gasteiger partial charge >= 0.3 is 5.97 Å². The summed E-state index contributed by atoms with van der Waals surface area (Å²) in [6, 6.07) is 8.87. The van der Waals surface area contributed by atoms with Crippen molar-refractivity contribution in [2.24, 2.45) is 0 Å². The van der Waals surface area contributed by atoms with Crippen molar-refractivity contribution in [3.8, 4) is 17.0 Å². The van der Waals surface area contributed by atoms with Crippen LogP contribution in [0.5, 0.6) is 5.75 Å². The van der Waals surface area contributed by atoms with E-state index in [0.29, 0.717) is 18.0 Å². The van der Waals surface area contributed by atoms with E-state index in [-0.39, 0.29) is 5.69 Å². The lowest BCUT2D eigenvalue weighted by Gasteiger charge is -2.01. The molecule has 1 heterocycles. The largest absolute Gasteiger partial charge is 0.497 e. The number of hydrogen-bond acceptors (Lipinski definition) is 3. The number of allylic oxidation sites excluding steroid dienone is 1. The Kier molecular flexibility index (Phi) is 3.66. The zero-order valence-corrected chi connectivity index (χ0v) is 10.5. The second kappa shape index (κ2) is 5.39. The first-order valence-electron chi connectivity index (χ1n) is 5.72. The third-order valence-corrected chi connectivity index (χ3v) is 2.67. The highest BCUT2D eigenvalue weighted by Gasteiger charge is 2.14. The third kappa shape index (κ3) is 2.65. The summed E-state index contributed by atoms with van der Waals surface area (Å²) in [6.07, 6.45) is 1.61. The van der Waals surface area contributed by atoms with Crippen LogP contribution in [0.1, 0.15) is 10.5 Å². The van der Waals surface area contributed by atoms with Crippen LogP contribution in [0.3, 0.4) is 0 Å². The van der Waals surface area contributed by atoms with E-state index >= 15 is 0 Å². The molecule has 0 atom stereocenters. The van der Waals surface area contributed by atoms with Crippen LogP contribution in [0.15, 0.2) is 43.0 Å². The number of carbonyl (C=O) groups is 1. The molecule has 5 nitrogen and oxygen atoms in total. The van der Waals surface area contributed by atoms with Crippen molar-refractivity contribution < 1.29 is 14.6 Å². The molecule has 0 saturated carbocycles. The average molecular weight is 258 g/mol. The van der Waals surface area contributed by atoms with Gasteiger partial charge in [0, 0.05) is 5.56 Å². The number of carboxylic acid groups (broad SMARTS) is 1. The van der Waals surface area contributed by atoms with E-state index in [4.69, 9.17) is 9.84 Å². The van der Waals surface area contributed by atoms with Crippen LogP contribution in [-0.4, -0.2) is 28.0 Å². The fourth-order valence-corrected chi connectivity index (χ4v) is 1.77. The summed E-state index contributed by atoms with van der Waals surface area (Å²) >= 11 is 0. The van der Waals surface area contributed by atoms with Gasteiger partial charge in [-0.1, -0.05) is 18.2 Å². The molecular weight excluding hydrogens is 244 g/mol. The molecule has 0 aliphatic carbocycles. The number of nitrogens with zero attached hydrogens (tertiary/aromatic N) is 2. The summed E-state index contributed by atoms with van der Waals surface area (Å²) in [5.41, 5.74) is 1.54. The van der Waals surface area contributed by atoms with Crippen molar-refractivity contribution in [3.63, 3.8) is 0 Å². The number of ether oxygens (including phenoxy) is 1. The van der Waals surface area contributed by atoms with Gasteiger partial charge in [0.1, 0.15) is 11.4 Å². The summed E-state index contributed by atoms with van der Waals surface area (Å²) in [4.78, 5) is 11.1.